The molecule has 0 saturated heterocycles. The van der Waals surface area contributed by atoms with Gasteiger partial charge in [-0.15, -0.1) is 17.5 Å². The molecule has 0 aliphatic heterocycles. The van der Waals surface area contributed by atoms with Gasteiger partial charge in [0, 0.05) is 28.0 Å². The molecule has 0 fully saturated rings. The van der Waals surface area contributed by atoms with Gasteiger partial charge in [-0.2, -0.15) is 6.07 Å². The van der Waals surface area contributed by atoms with Gasteiger partial charge in [0.25, 0.3) is 0 Å². The molecule has 7 heteroatoms. The summed E-state index contributed by atoms with van der Waals surface area (Å²) in [6, 6.07) is 47.4. The molecule has 10 aromatic rings. The first-order valence-corrected chi connectivity index (χ1v) is 20.8. The van der Waals surface area contributed by atoms with E-state index in [0.717, 1.165) is 89.0 Å². The Morgan fingerprint density at radius 2 is 1.26 bits per heavy atom. The van der Waals surface area contributed by atoms with Gasteiger partial charge < -0.3 is 19.3 Å². The minimum atomic E-state index is -0.0331. The molecule has 61 heavy (non-hydrogen) atoms. The number of fused-ring (bicyclic) bond motifs is 6. The van der Waals surface area contributed by atoms with Crippen molar-refractivity contribution in [2.45, 2.75) is 73.1 Å². The molecule has 0 atom stereocenters. The molecule has 10 rings (SSSR count). The molecular weight excluding hydrogens is 928 g/mol. The SMILES string of the molecule is Cc1cc(C)c(-c2n[n-]c(-c3ccc4c5cc(C(C)(C)C)ccc5n(-c5[c-]c6c(cc5)c5ccccc5n6-c5cc(C(C)(C)C)ccn5)c4n3)c2-c2ccccc2)c(C)c1.[Pt+2]. The van der Waals surface area contributed by atoms with Crippen molar-refractivity contribution in [1.82, 2.24) is 29.3 Å². The van der Waals surface area contributed by atoms with Crippen LogP contribution in [0.1, 0.15) is 69.4 Å². The van der Waals surface area contributed by atoms with E-state index in [0.29, 0.717) is 0 Å². The smallest absolute Gasteiger partial charge is 0.573 e. The van der Waals surface area contributed by atoms with Gasteiger partial charge in [0.1, 0.15) is 11.5 Å². The summed E-state index contributed by atoms with van der Waals surface area (Å²) < 4.78 is 4.53. The standard InChI is InChI=1S/C54H48N6.Pt/c1-32-27-33(2)48(34(3)28-32)51-49(35-15-11-10-12-16-35)50(57-58-51)43-23-22-41-42-29-36(53(4,5)6)19-24-45(42)59(52(41)56-43)38-20-21-40-39-17-13-14-18-44(39)60(46(40)31-38)47-30-37(25-26-55-47)54(7,8)9;/h10-30H,1-9H3;/q-2;+2. The molecule has 0 N–H and O–H groups in total. The molecule has 5 aromatic carbocycles. The third-order valence-electron chi connectivity index (χ3n) is 12.1. The summed E-state index contributed by atoms with van der Waals surface area (Å²) in [4.78, 5) is 10.5. The molecule has 5 heterocycles. The van der Waals surface area contributed by atoms with Gasteiger partial charge in [0.15, 0.2) is 0 Å². The zero-order valence-electron chi connectivity index (χ0n) is 36.1. The predicted molar refractivity (Wildman–Crippen MR) is 249 cm³/mol. The summed E-state index contributed by atoms with van der Waals surface area (Å²) in [6.07, 6.45) is 1.93. The minimum Gasteiger partial charge on any atom is -0.573 e. The van der Waals surface area contributed by atoms with E-state index in [9.17, 15) is 0 Å². The molecule has 0 amide bonds. The first-order chi connectivity index (χ1) is 28.8. The van der Waals surface area contributed by atoms with Crippen molar-refractivity contribution in [3.63, 3.8) is 0 Å². The zero-order valence-corrected chi connectivity index (χ0v) is 38.4. The van der Waals surface area contributed by atoms with Crippen LogP contribution in [0.4, 0.5) is 0 Å². The number of benzene rings is 5. The van der Waals surface area contributed by atoms with Gasteiger partial charge >= 0.3 is 21.1 Å². The van der Waals surface area contributed by atoms with Gasteiger partial charge in [-0.25, -0.2) is 9.97 Å². The number of hydrogen-bond acceptors (Lipinski definition) is 3. The van der Waals surface area contributed by atoms with Crippen LogP contribution in [0.3, 0.4) is 0 Å². The average Bonchev–Trinajstić information content (AvgIpc) is 3.90. The Labute approximate surface area is 372 Å². The number of hydrogen-bond donors (Lipinski definition) is 0. The van der Waals surface area contributed by atoms with Gasteiger partial charge in [0.05, 0.1) is 16.9 Å². The molecule has 0 bridgehead atoms. The zero-order chi connectivity index (χ0) is 41.7. The Morgan fingerprint density at radius 3 is 2.00 bits per heavy atom. The van der Waals surface area contributed by atoms with Crippen LogP contribution >= 0.6 is 0 Å². The third kappa shape index (κ3) is 6.73. The molecular formula is C54H48N6Pt. The van der Waals surface area contributed by atoms with Gasteiger partial charge in [-0.3, -0.25) is 0 Å². The Kier molecular flexibility index (Phi) is 9.79. The molecule has 0 aliphatic rings. The van der Waals surface area contributed by atoms with E-state index >= 15 is 0 Å². The second-order valence-corrected chi connectivity index (χ2v) is 18.4. The first kappa shape index (κ1) is 40.3. The fourth-order valence-electron chi connectivity index (χ4n) is 9.09. The molecule has 0 radical (unpaired) electrons. The van der Waals surface area contributed by atoms with Crippen LogP contribution in [0.2, 0.25) is 0 Å². The van der Waals surface area contributed by atoms with Gasteiger partial charge in [0.2, 0.25) is 0 Å². The van der Waals surface area contributed by atoms with Gasteiger partial charge in [-0.05, 0) is 113 Å². The fraction of sp³-hybridized carbons (Fsp3) is 0.204. The molecule has 0 spiro atoms. The molecule has 0 aliphatic carbocycles. The van der Waals surface area contributed by atoms with Crippen LogP contribution in [0, 0.1) is 26.8 Å². The van der Waals surface area contributed by atoms with E-state index in [1.165, 1.54) is 27.8 Å². The maximum absolute atomic E-state index is 5.57. The Hall–Kier alpha value is -6.10. The normalized spacial score (nSPS) is 12.2. The second kappa shape index (κ2) is 14.8. The van der Waals surface area contributed by atoms with E-state index in [4.69, 9.17) is 20.2 Å². The number of para-hydroxylation sites is 1. The number of aryl methyl sites for hydroxylation is 3. The molecule has 5 aromatic heterocycles. The Morgan fingerprint density at radius 1 is 0.590 bits per heavy atom. The van der Waals surface area contributed by atoms with Crippen LogP contribution in [-0.4, -0.2) is 24.2 Å². The summed E-state index contributed by atoms with van der Waals surface area (Å²) >= 11 is 0. The summed E-state index contributed by atoms with van der Waals surface area (Å²) in [5.41, 5.74) is 16.4. The van der Waals surface area contributed by atoms with E-state index in [1.54, 1.807) is 0 Å². The molecule has 6 nitrogen and oxygen atoms in total. The summed E-state index contributed by atoms with van der Waals surface area (Å²) in [5, 5.41) is 14.4. The monoisotopic (exact) mass is 975 g/mol. The number of nitrogens with zero attached hydrogens (tertiary/aromatic N) is 6. The van der Waals surface area contributed by atoms with Crippen molar-refractivity contribution < 1.29 is 21.1 Å². The molecule has 0 saturated carbocycles. The van der Waals surface area contributed by atoms with Crippen molar-refractivity contribution in [3.05, 3.63) is 161 Å². The second-order valence-electron chi connectivity index (χ2n) is 18.4. The number of pyridine rings is 2. The third-order valence-corrected chi connectivity index (χ3v) is 12.1. The van der Waals surface area contributed by atoms with Crippen LogP contribution in [-0.2, 0) is 31.9 Å². The molecule has 0 unspecified atom stereocenters. The van der Waals surface area contributed by atoms with E-state index < -0.39 is 0 Å². The van der Waals surface area contributed by atoms with Crippen LogP contribution in [0.25, 0.3) is 89.0 Å². The van der Waals surface area contributed by atoms with Gasteiger partial charge in [-0.1, -0.05) is 131 Å². The Balaban J connectivity index is 0.00000476. The summed E-state index contributed by atoms with van der Waals surface area (Å²) in [6.45, 7) is 20.0. The first-order valence-electron chi connectivity index (χ1n) is 20.8. The van der Waals surface area contributed by atoms with Crippen molar-refractivity contribution in [1.29, 1.82) is 0 Å². The van der Waals surface area contributed by atoms with E-state index in [2.05, 4.69) is 193 Å². The van der Waals surface area contributed by atoms with Crippen molar-refractivity contribution in [2.75, 3.05) is 0 Å². The quantitative estimate of drug-likeness (QED) is 0.161. The van der Waals surface area contributed by atoms with Crippen molar-refractivity contribution in [3.8, 4) is 45.3 Å². The van der Waals surface area contributed by atoms with Crippen LogP contribution in [0.5, 0.6) is 0 Å². The summed E-state index contributed by atoms with van der Waals surface area (Å²) in [7, 11) is 0. The van der Waals surface area contributed by atoms with Crippen LogP contribution < -0.4 is 5.10 Å². The molecule has 304 valence electrons. The van der Waals surface area contributed by atoms with Crippen LogP contribution in [0.15, 0.2) is 128 Å². The predicted octanol–water partition coefficient (Wildman–Crippen LogP) is 13.3. The minimum absolute atomic E-state index is 0. The average molecular weight is 976 g/mol. The largest absolute Gasteiger partial charge is 2.00 e. The maximum Gasteiger partial charge on any atom is 2.00 e. The van der Waals surface area contributed by atoms with E-state index in [-0.39, 0.29) is 31.9 Å². The number of aromatic nitrogens is 6. The van der Waals surface area contributed by atoms with Crippen molar-refractivity contribution >= 4 is 43.7 Å². The van der Waals surface area contributed by atoms with E-state index in [1.807, 2.05) is 12.3 Å². The maximum atomic E-state index is 5.57. The number of rotatable bonds is 5. The Bertz CT molecular complexity index is 3290. The fourth-order valence-corrected chi connectivity index (χ4v) is 9.09. The summed E-state index contributed by atoms with van der Waals surface area (Å²) in [5.74, 6) is 0.873. The van der Waals surface area contributed by atoms with Crippen molar-refractivity contribution in [2.24, 2.45) is 0 Å². The topological polar surface area (TPSA) is 62.6 Å².